The number of nitrogens with zero attached hydrogens (tertiary/aromatic N) is 3. The number of carboxylic acids is 2. The number of aliphatic imine (C=N–C) groups is 1. The van der Waals surface area contributed by atoms with Crippen molar-refractivity contribution in [3.63, 3.8) is 0 Å². The summed E-state index contributed by atoms with van der Waals surface area (Å²) in [5, 5.41) is 24.2. The van der Waals surface area contributed by atoms with E-state index in [2.05, 4.69) is 15.2 Å². The Bertz CT molecular complexity index is 1460. The molecule has 2 aliphatic heterocycles. The Hall–Kier alpha value is -4.06. The molecule has 2 aromatic rings. The summed E-state index contributed by atoms with van der Waals surface area (Å²) in [7, 11) is 0. The van der Waals surface area contributed by atoms with Crippen molar-refractivity contribution >= 4 is 47.0 Å². The number of halogens is 2. The fourth-order valence-electron chi connectivity index (χ4n) is 5.63. The van der Waals surface area contributed by atoms with E-state index in [1.54, 1.807) is 11.0 Å². The number of piperazine rings is 1. The molecule has 234 valence electrons. The van der Waals surface area contributed by atoms with Gasteiger partial charge in [-0.25, -0.2) is 9.59 Å². The molecule has 1 atom stereocenters. The number of nitrogens with one attached hydrogen (secondary N) is 1. The molecule has 13 heteroatoms. The number of carboxylic acid groups (broad SMARTS) is 2. The fourth-order valence-corrected chi connectivity index (χ4v) is 6.24. The van der Waals surface area contributed by atoms with Crippen LogP contribution in [0.5, 0.6) is 0 Å². The van der Waals surface area contributed by atoms with Gasteiger partial charge < -0.3 is 31.9 Å². The van der Waals surface area contributed by atoms with Gasteiger partial charge in [-0.3, -0.25) is 14.7 Å². The van der Waals surface area contributed by atoms with Crippen LogP contribution in [0.25, 0.3) is 0 Å². The molecule has 2 heterocycles. The van der Waals surface area contributed by atoms with E-state index in [0.717, 1.165) is 18.5 Å². The molecule has 0 radical (unpaired) electrons. The average molecular weight is 644 g/mol. The maximum absolute atomic E-state index is 13.6. The minimum atomic E-state index is -1.37. The Morgan fingerprint density at radius 2 is 1.48 bits per heavy atom. The molecule has 4 rings (SSSR count). The maximum Gasteiger partial charge on any atom is 0.334 e. The molecule has 1 unspecified atom stereocenters. The van der Waals surface area contributed by atoms with Gasteiger partial charge in [0.2, 0.25) is 5.91 Å². The van der Waals surface area contributed by atoms with Crippen molar-refractivity contribution in [2.45, 2.75) is 31.6 Å². The molecule has 0 spiro atoms. The van der Waals surface area contributed by atoms with Gasteiger partial charge in [0.25, 0.3) is 0 Å². The number of dihydropyridines is 1. The highest BCUT2D eigenvalue weighted by Crippen LogP contribution is 2.45. The van der Waals surface area contributed by atoms with E-state index in [1.165, 1.54) is 12.1 Å². The third-order valence-corrected chi connectivity index (χ3v) is 8.42. The SMILES string of the molecule is NC(N)=NCCCN1CCN(C(=O)CC2=C(C(=O)O)C(c3c(Cl)cccc3Cl)C(C(=O)O)=C(CCc3ccccc3)N2)CC1. The Labute approximate surface area is 265 Å². The normalized spacial score (nSPS) is 17.3. The summed E-state index contributed by atoms with van der Waals surface area (Å²) < 4.78 is 0. The van der Waals surface area contributed by atoms with Crippen LogP contribution in [-0.2, 0) is 20.8 Å². The second-order valence-electron chi connectivity index (χ2n) is 10.6. The summed E-state index contributed by atoms with van der Waals surface area (Å²) in [6, 6.07) is 14.2. The number of nitrogens with two attached hydrogens (primary N) is 2. The number of hydrogen-bond acceptors (Lipinski definition) is 6. The minimum Gasteiger partial charge on any atom is -0.478 e. The fraction of sp³-hybridized carbons (Fsp3) is 0.355. The second kappa shape index (κ2) is 15.1. The zero-order valence-corrected chi connectivity index (χ0v) is 25.7. The molecule has 1 saturated heterocycles. The first-order chi connectivity index (χ1) is 21.1. The van der Waals surface area contributed by atoms with Crippen LogP contribution in [0.4, 0.5) is 0 Å². The number of guanidine groups is 1. The quantitative estimate of drug-likeness (QED) is 0.132. The molecule has 2 aliphatic rings. The van der Waals surface area contributed by atoms with Crippen LogP contribution in [0, 0.1) is 0 Å². The van der Waals surface area contributed by atoms with E-state index in [-0.39, 0.29) is 57.2 Å². The molecule has 1 amide bonds. The Morgan fingerprint density at radius 1 is 0.864 bits per heavy atom. The van der Waals surface area contributed by atoms with Crippen LogP contribution in [0.3, 0.4) is 0 Å². The lowest BCUT2D eigenvalue weighted by Gasteiger charge is -2.36. The molecule has 0 aliphatic carbocycles. The van der Waals surface area contributed by atoms with Crippen molar-refractivity contribution in [2.24, 2.45) is 16.5 Å². The Morgan fingerprint density at radius 3 is 2.07 bits per heavy atom. The van der Waals surface area contributed by atoms with Gasteiger partial charge in [-0.1, -0.05) is 59.6 Å². The monoisotopic (exact) mass is 642 g/mol. The number of aliphatic carboxylic acids is 2. The smallest absolute Gasteiger partial charge is 0.334 e. The number of amides is 1. The van der Waals surface area contributed by atoms with E-state index in [9.17, 15) is 24.6 Å². The minimum absolute atomic E-state index is 0.0550. The molecular formula is C31H36Cl2N6O5. The summed E-state index contributed by atoms with van der Waals surface area (Å²) in [5.74, 6) is -4.19. The van der Waals surface area contributed by atoms with E-state index in [4.69, 9.17) is 34.7 Å². The van der Waals surface area contributed by atoms with Gasteiger partial charge in [0.1, 0.15) is 0 Å². The van der Waals surface area contributed by atoms with Crippen LogP contribution < -0.4 is 16.8 Å². The Balaban J connectivity index is 1.63. The van der Waals surface area contributed by atoms with Gasteiger partial charge in [-0.05, 0) is 37.0 Å². The number of carbonyl (C=O) groups excluding carboxylic acids is 1. The average Bonchev–Trinajstić information content (AvgIpc) is 2.98. The summed E-state index contributed by atoms with van der Waals surface area (Å²) >= 11 is 13.1. The second-order valence-corrected chi connectivity index (χ2v) is 11.4. The first-order valence-corrected chi connectivity index (χ1v) is 15.1. The number of rotatable bonds is 12. The van der Waals surface area contributed by atoms with Gasteiger partial charge in [-0.2, -0.15) is 0 Å². The van der Waals surface area contributed by atoms with E-state index in [0.29, 0.717) is 44.8 Å². The van der Waals surface area contributed by atoms with Crippen LogP contribution in [0.1, 0.15) is 36.3 Å². The van der Waals surface area contributed by atoms with Crippen LogP contribution in [-0.4, -0.2) is 83.1 Å². The highest BCUT2D eigenvalue weighted by Gasteiger charge is 2.41. The molecule has 44 heavy (non-hydrogen) atoms. The third kappa shape index (κ3) is 8.10. The predicted octanol–water partition coefficient (Wildman–Crippen LogP) is 3.19. The number of carbonyl (C=O) groups is 3. The summed E-state index contributed by atoms with van der Waals surface area (Å²) in [6.45, 7) is 3.53. The first kappa shape index (κ1) is 32.8. The van der Waals surface area contributed by atoms with E-state index in [1.807, 2.05) is 30.3 Å². The van der Waals surface area contributed by atoms with Crippen LogP contribution >= 0.6 is 23.2 Å². The van der Waals surface area contributed by atoms with Gasteiger partial charge in [0.15, 0.2) is 5.96 Å². The third-order valence-electron chi connectivity index (χ3n) is 7.76. The van der Waals surface area contributed by atoms with Crippen molar-refractivity contribution in [1.82, 2.24) is 15.1 Å². The van der Waals surface area contributed by atoms with Crippen LogP contribution in [0.15, 0.2) is 76.1 Å². The standard InChI is InChI=1S/C31H36Cl2N6O5/c32-20-8-4-9-21(33)25(20)28-26(29(41)42)22(11-10-19-6-2-1-3-7-19)37-23(27(28)30(43)44)18-24(40)39-16-14-38(15-17-39)13-5-12-36-31(34)35/h1-4,6-9,28,37H,5,10-18H2,(H,41,42)(H,43,44)(H4,34,35,36). The molecule has 0 saturated carbocycles. The van der Waals surface area contributed by atoms with Crippen molar-refractivity contribution in [3.05, 3.63) is 92.2 Å². The molecule has 0 aromatic heterocycles. The molecule has 1 fully saturated rings. The molecule has 7 N–H and O–H groups in total. The summed E-state index contributed by atoms with van der Waals surface area (Å²) in [6.07, 6.45) is 1.26. The molecular weight excluding hydrogens is 607 g/mol. The van der Waals surface area contributed by atoms with Crippen molar-refractivity contribution in [1.29, 1.82) is 0 Å². The zero-order chi connectivity index (χ0) is 31.8. The van der Waals surface area contributed by atoms with E-state index >= 15 is 0 Å². The van der Waals surface area contributed by atoms with Gasteiger partial charge in [-0.15, -0.1) is 0 Å². The van der Waals surface area contributed by atoms with Crippen LogP contribution in [0.2, 0.25) is 10.0 Å². The Kier molecular flexibility index (Phi) is 11.3. The van der Waals surface area contributed by atoms with Crippen molar-refractivity contribution in [3.8, 4) is 0 Å². The van der Waals surface area contributed by atoms with Gasteiger partial charge >= 0.3 is 11.9 Å². The number of hydrogen-bond donors (Lipinski definition) is 5. The largest absolute Gasteiger partial charge is 0.478 e. The lowest BCUT2D eigenvalue weighted by molar-refractivity contribution is -0.133. The lowest BCUT2D eigenvalue weighted by Crippen LogP contribution is -2.49. The number of allylic oxidation sites excluding steroid dienone is 1. The zero-order valence-electron chi connectivity index (χ0n) is 24.1. The van der Waals surface area contributed by atoms with Gasteiger partial charge in [0, 0.05) is 66.3 Å². The highest BCUT2D eigenvalue weighted by atomic mass is 35.5. The van der Waals surface area contributed by atoms with Crippen molar-refractivity contribution < 1.29 is 24.6 Å². The highest BCUT2D eigenvalue weighted by molar-refractivity contribution is 6.36. The summed E-state index contributed by atoms with van der Waals surface area (Å²) in [5.41, 5.74) is 11.9. The summed E-state index contributed by atoms with van der Waals surface area (Å²) in [4.78, 5) is 47.1. The molecule has 2 aromatic carbocycles. The maximum atomic E-state index is 13.6. The lowest BCUT2D eigenvalue weighted by atomic mass is 9.78. The predicted molar refractivity (Wildman–Crippen MR) is 169 cm³/mol. The molecule has 0 bridgehead atoms. The number of benzene rings is 2. The van der Waals surface area contributed by atoms with Gasteiger partial charge in [0.05, 0.1) is 23.5 Å². The number of aryl methyl sites for hydroxylation is 1. The van der Waals surface area contributed by atoms with Crippen molar-refractivity contribution in [2.75, 3.05) is 39.3 Å². The topological polar surface area (TPSA) is 175 Å². The first-order valence-electron chi connectivity index (χ1n) is 14.3. The van der Waals surface area contributed by atoms with E-state index < -0.39 is 17.9 Å². The molecule has 11 nitrogen and oxygen atoms in total.